The minimum atomic E-state index is 0.0449. The molecule has 3 heterocycles. The first-order valence-electron chi connectivity index (χ1n) is 9.22. The zero-order chi connectivity index (χ0) is 20.2. The average Bonchev–Trinajstić information content (AvgIpc) is 3.34. The van der Waals surface area contributed by atoms with Crippen molar-refractivity contribution in [1.29, 1.82) is 0 Å². The molecule has 0 aliphatic carbocycles. The topological polar surface area (TPSA) is 73.8 Å². The number of aromatic nitrogens is 4. The van der Waals surface area contributed by atoms with Gasteiger partial charge in [-0.3, -0.25) is 9.78 Å². The average molecular weight is 404 g/mol. The van der Waals surface area contributed by atoms with Crippen molar-refractivity contribution in [2.45, 2.75) is 25.6 Å². The summed E-state index contributed by atoms with van der Waals surface area (Å²) in [7, 11) is 0. The Bertz CT molecular complexity index is 1120. The van der Waals surface area contributed by atoms with Gasteiger partial charge in [0.2, 0.25) is 5.89 Å². The Morgan fingerprint density at radius 2 is 1.93 bits per heavy atom. The molecule has 0 saturated carbocycles. The molecule has 6 nitrogen and oxygen atoms in total. The molecule has 0 N–H and O–H groups in total. The van der Waals surface area contributed by atoms with Gasteiger partial charge in [-0.05, 0) is 37.6 Å². The van der Waals surface area contributed by atoms with Gasteiger partial charge in [-0.2, -0.15) is 0 Å². The predicted molar refractivity (Wildman–Crippen MR) is 112 cm³/mol. The minimum absolute atomic E-state index is 0.0449. The third-order valence-corrected chi connectivity index (χ3v) is 5.52. The number of pyridine rings is 1. The number of carbonyl (C=O) groups is 1. The molecule has 0 atom stereocenters. The van der Waals surface area contributed by atoms with E-state index in [1.165, 1.54) is 17.3 Å². The minimum Gasteiger partial charge on any atom is -0.411 e. The molecular formula is C22H20N4O2S. The number of rotatable bonds is 7. The number of hydrogen-bond donors (Lipinski definition) is 0. The highest BCUT2D eigenvalue weighted by atomic mass is 32.2. The van der Waals surface area contributed by atoms with Crippen molar-refractivity contribution in [2.75, 3.05) is 5.75 Å². The number of Topliss-reactive ketones (excluding diaryl/α,β-unsaturated/α-hetero) is 1. The van der Waals surface area contributed by atoms with Crippen molar-refractivity contribution in [1.82, 2.24) is 19.7 Å². The molecule has 7 heteroatoms. The van der Waals surface area contributed by atoms with E-state index in [4.69, 9.17) is 4.42 Å². The number of ketones is 1. The van der Waals surface area contributed by atoms with E-state index >= 15 is 0 Å². The van der Waals surface area contributed by atoms with Gasteiger partial charge in [0.25, 0.3) is 5.22 Å². The van der Waals surface area contributed by atoms with Crippen LogP contribution in [0.1, 0.15) is 27.3 Å². The van der Waals surface area contributed by atoms with Crippen molar-refractivity contribution < 1.29 is 9.21 Å². The molecule has 0 unspecified atom stereocenters. The van der Waals surface area contributed by atoms with Crippen LogP contribution in [0.25, 0.3) is 11.5 Å². The molecule has 1 aromatic carbocycles. The normalized spacial score (nSPS) is 11.0. The van der Waals surface area contributed by atoms with E-state index in [-0.39, 0.29) is 11.5 Å². The van der Waals surface area contributed by atoms with Crippen LogP contribution in [-0.2, 0) is 6.54 Å². The fourth-order valence-electron chi connectivity index (χ4n) is 3.17. The van der Waals surface area contributed by atoms with Crippen molar-refractivity contribution >= 4 is 17.5 Å². The lowest BCUT2D eigenvalue weighted by Gasteiger charge is -2.09. The summed E-state index contributed by atoms with van der Waals surface area (Å²) in [4.78, 5) is 16.8. The Hall–Kier alpha value is -3.19. The van der Waals surface area contributed by atoms with Gasteiger partial charge in [-0.1, -0.05) is 42.1 Å². The highest BCUT2D eigenvalue weighted by molar-refractivity contribution is 7.99. The Kier molecular flexibility index (Phi) is 5.57. The number of benzene rings is 1. The van der Waals surface area contributed by atoms with E-state index in [0.717, 1.165) is 29.1 Å². The molecule has 146 valence electrons. The zero-order valence-electron chi connectivity index (χ0n) is 16.2. The molecule has 4 rings (SSSR count). The zero-order valence-corrected chi connectivity index (χ0v) is 17.0. The van der Waals surface area contributed by atoms with Gasteiger partial charge >= 0.3 is 0 Å². The number of aryl methyl sites for hydroxylation is 1. The van der Waals surface area contributed by atoms with Crippen LogP contribution in [0.2, 0.25) is 0 Å². The molecule has 0 spiro atoms. The van der Waals surface area contributed by atoms with Crippen LogP contribution >= 0.6 is 11.8 Å². The number of nitrogens with zero attached hydrogens (tertiary/aromatic N) is 4. The summed E-state index contributed by atoms with van der Waals surface area (Å²) in [5.41, 5.74) is 4.73. The lowest BCUT2D eigenvalue weighted by atomic mass is 10.2. The lowest BCUT2D eigenvalue weighted by molar-refractivity contribution is 0.102. The molecular weight excluding hydrogens is 384 g/mol. The molecule has 0 fully saturated rings. The second-order valence-electron chi connectivity index (χ2n) is 6.68. The fraction of sp³-hybridized carbons (Fsp3) is 0.182. The summed E-state index contributed by atoms with van der Waals surface area (Å²) >= 11 is 1.25. The number of hydrogen-bond acceptors (Lipinski definition) is 6. The van der Waals surface area contributed by atoms with Crippen LogP contribution in [0.15, 0.2) is 70.6 Å². The van der Waals surface area contributed by atoms with Crippen molar-refractivity contribution in [3.8, 4) is 11.5 Å². The molecule has 3 aromatic heterocycles. The summed E-state index contributed by atoms with van der Waals surface area (Å²) < 4.78 is 7.80. The van der Waals surface area contributed by atoms with Gasteiger partial charge in [0.1, 0.15) is 0 Å². The van der Waals surface area contributed by atoms with Crippen molar-refractivity contribution in [3.05, 3.63) is 83.4 Å². The smallest absolute Gasteiger partial charge is 0.277 e. The van der Waals surface area contributed by atoms with E-state index in [1.807, 2.05) is 44.2 Å². The molecule has 29 heavy (non-hydrogen) atoms. The first-order valence-corrected chi connectivity index (χ1v) is 10.2. The van der Waals surface area contributed by atoms with Crippen LogP contribution in [0.4, 0.5) is 0 Å². The van der Waals surface area contributed by atoms with Gasteiger partial charge in [-0.25, -0.2) is 0 Å². The van der Waals surface area contributed by atoms with Crippen molar-refractivity contribution in [3.63, 3.8) is 0 Å². The van der Waals surface area contributed by atoms with Crippen molar-refractivity contribution in [2.24, 2.45) is 0 Å². The van der Waals surface area contributed by atoms with Gasteiger partial charge < -0.3 is 8.98 Å². The third kappa shape index (κ3) is 4.30. The monoisotopic (exact) mass is 404 g/mol. The van der Waals surface area contributed by atoms with Gasteiger partial charge in [0.15, 0.2) is 5.78 Å². The van der Waals surface area contributed by atoms with Crippen LogP contribution in [0, 0.1) is 13.8 Å². The van der Waals surface area contributed by atoms with E-state index < -0.39 is 0 Å². The maximum Gasteiger partial charge on any atom is 0.277 e. The predicted octanol–water partition coefficient (Wildman–Crippen LogP) is 4.57. The van der Waals surface area contributed by atoms with Gasteiger partial charge in [0, 0.05) is 35.9 Å². The molecule has 0 aliphatic heterocycles. The van der Waals surface area contributed by atoms with E-state index in [2.05, 4.69) is 31.9 Å². The standard InChI is InChI=1S/C22H20N4O2S/c1-15-11-19(16(2)26(15)13-17-7-4-3-5-8-17)20(27)14-29-22-25-24-21(28-22)18-9-6-10-23-12-18/h3-12H,13-14H2,1-2H3. The quantitative estimate of drug-likeness (QED) is 0.332. The summed E-state index contributed by atoms with van der Waals surface area (Å²) in [6.07, 6.45) is 3.34. The maximum absolute atomic E-state index is 12.8. The lowest BCUT2D eigenvalue weighted by Crippen LogP contribution is -2.07. The Labute approximate surface area is 173 Å². The molecule has 0 saturated heterocycles. The molecule has 0 amide bonds. The van der Waals surface area contributed by atoms with E-state index in [0.29, 0.717) is 11.1 Å². The van der Waals surface area contributed by atoms with E-state index in [1.54, 1.807) is 18.5 Å². The Balaban J connectivity index is 1.44. The molecule has 0 bridgehead atoms. The maximum atomic E-state index is 12.8. The van der Waals surface area contributed by atoms with Crippen LogP contribution in [0.3, 0.4) is 0 Å². The third-order valence-electron chi connectivity index (χ3n) is 4.70. The van der Waals surface area contributed by atoms with Gasteiger partial charge in [-0.15, -0.1) is 10.2 Å². The van der Waals surface area contributed by atoms with E-state index in [9.17, 15) is 4.79 Å². The second kappa shape index (κ2) is 8.45. The summed E-state index contributed by atoms with van der Waals surface area (Å²) in [5.74, 6) is 0.683. The van der Waals surface area contributed by atoms with Crippen LogP contribution in [-0.4, -0.2) is 31.3 Å². The highest BCUT2D eigenvalue weighted by Gasteiger charge is 2.18. The van der Waals surface area contributed by atoms with Crippen LogP contribution < -0.4 is 0 Å². The van der Waals surface area contributed by atoms with Gasteiger partial charge in [0.05, 0.1) is 11.3 Å². The Morgan fingerprint density at radius 3 is 2.69 bits per heavy atom. The highest BCUT2D eigenvalue weighted by Crippen LogP contribution is 2.25. The largest absolute Gasteiger partial charge is 0.411 e. The van der Waals surface area contributed by atoms with Crippen LogP contribution in [0.5, 0.6) is 0 Å². The molecule has 0 radical (unpaired) electrons. The SMILES string of the molecule is Cc1cc(C(=O)CSc2nnc(-c3cccnc3)o2)c(C)n1Cc1ccccc1. The first kappa shape index (κ1) is 19.1. The number of carbonyl (C=O) groups excluding carboxylic acids is 1. The Morgan fingerprint density at radius 1 is 1.10 bits per heavy atom. The first-order chi connectivity index (χ1) is 14.1. The summed E-state index contributed by atoms with van der Waals surface area (Å²) in [6, 6.07) is 15.8. The fourth-order valence-corrected chi connectivity index (χ4v) is 3.82. The molecule has 4 aromatic rings. The summed E-state index contributed by atoms with van der Waals surface area (Å²) in [5, 5.41) is 8.42. The summed E-state index contributed by atoms with van der Waals surface area (Å²) in [6.45, 7) is 4.76. The second-order valence-corrected chi connectivity index (χ2v) is 7.61. The number of thioether (sulfide) groups is 1. The molecule has 0 aliphatic rings.